The normalized spacial score (nSPS) is 16.2. The van der Waals surface area contributed by atoms with Crippen molar-refractivity contribution in [2.45, 2.75) is 13.0 Å². The molecular weight excluding hydrogens is 412 g/mol. The minimum atomic E-state index is -0.732. The SMILES string of the molecule is CC(Oc1ccc(Cl)cc1)C(=O)NCCN1C(=O)S/C(=C\c2ccccc2)C1=O. The van der Waals surface area contributed by atoms with Gasteiger partial charge in [0.25, 0.3) is 17.1 Å². The van der Waals surface area contributed by atoms with E-state index in [2.05, 4.69) is 5.32 Å². The number of rotatable bonds is 7. The van der Waals surface area contributed by atoms with Gasteiger partial charge in [-0.15, -0.1) is 0 Å². The third kappa shape index (κ3) is 5.62. The average molecular weight is 431 g/mol. The number of nitrogens with one attached hydrogen (secondary N) is 1. The third-order valence-corrected chi connectivity index (χ3v) is 5.26. The van der Waals surface area contributed by atoms with Crippen molar-refractivity contribution < 1.29 is 19.1 Å². The summed E-state index contributed by atoms with van der Waals surface area (Å²) in [6.07, 6.45) is 0.954. The van der Waals surface area contributed by atoms with Crippen molar-refractivity contribution in [3.8, 4) is 5.75 Å². The van der Waals surface area contributed by atoms with Crippen LogP contribution in [-0.4, -0.2) is 41.1 Å². The van der Waals surface area contributed by atoms with E-state index in [1.165, 1.54) is 0 Å². The second kappa shape index (κ2) is 9.62. The van der Waals surface area contributed by atoms with E-state index in [9.17, 15) is 14.4 Å². The summed E-state index contributed by atoms with van der Waals surface area (Å²) in [5.74, 6) is -0.177. The molecule has 2 aromatic carbocycles. The van der Waals surface area contributed by atoms with Crippen molar-refractivity contribution in [1.29, 1.82) is 0 Å². The number of thioether (sulfide) groups is 1. The maximum Gasteiger partial charge on any atom is 0.293 e. The van der Waals surface area contributed by atoms with Crippen LogP contribution in [0, 0.1) is 0 Å². The van der Waals surface area contributed by atoms with Crippen molar-refractivity contribution >= 4 is 46.5 Å². The van der Waals surface area contributed by atoms with Crippen molar-refractivity contribution in [3.63, 3.8) is 0 Å². The summed E-state index contributed by atoms with van der Waals surface area (Å²) < 4.78 is 5.55. The highest BCUT2D eigenvalue weighted by Crippen LogP contribution is 2.31. The zero-order chi connectivity index (χ0) is 20.8. The van der Waals surface area contributed by atoms with E-state index in [0.717, 1.165) is 22.2 Å². The predicted octanol–water partition coefficient (Wildman–Crippen LogP) is 3.96. The van der Waals surface area contributed by atoms with E-state index in [1.807, 2.05) is 30.3 Å². The Morgan fingerprint density at radius 3 is 2.55 bits per heavy atom. The Morgan fingerprint density at radius 2 is 1.86 bits per heavy atom. The van der Waals surface area contributed by atoms with Gasteiger partial charge >= 0.3 is 0 Å². The lowest BCUT2D eigenvalue weighted by Crippen LogP contribution is -2.41. The van der Waals surface area contributed by atoms with Crippen LogP contribution in [0.2, 0.25) is 5.02 Å². The zero-order valence-electron chi connectivity index (χ0n) is 15.6. The molecule has 1 fully saturated rings. The number of halogens is 1. The van der Waals surface area contributed by atoms with Gasteiger partial charge in [0.2, 0.25) is 0 Å². The molecule has 1 atom stereocenters. The fraction of sp³-hybridized carbons (Fsp3) is 0.190. The van der Waals surface area contributed by atoms with Crippen LogP contribution in [0.1, 0.15) is 12.5 Å². The molecule has 3 rings (SSSR count). The molecule has 0 bridgehead atoms. The fourth-order valence-electron chi connectivity index (χ4n) is 2.60. The van der Waals surface area contributed by atoms with Crippen LogP contribution < -0.4 is 10.1 Å². The molecule has 1 aliphatic rings. The Balaban J connectivity index is 1.50. The summed E-state index contributed by atoms with van der Waals surface area (Å²) in [7, 11) is 0. The number of amides is 3. The molecule has 0 spiro atoms. The van der Waals surface area contributed by atoms with Crippen LogP contribution in [0.3, 0.4) is 0 Å². The summed E-state index contributed by atoms with van der Waals surface area (Å²) >= 11 is 6.72. The molecule has 150 valence electrons. The molecule has 6 nitrogen and oxygen atoms in total. The number of imide groups is 1. The fourth-order valence-corrected chi connectivity index (χ4v) is 3.59. The molecule has 0 aromatic heterocycles. The monoisotopic (exact) mass is 430 g/mol. The molecule has 29 heavy (non-hydrogen) atoms. The molecule has 0 saturated carbocycles. The van der Waals surface area contributed by atoms with E-state index in [0.29, 0.717) is 15.7 Å². The molecule has 1 aliphatic heterocycles. The molecule has 3 amide bonds. The first kappa shape index (κ1) is 21.0. The van der Waals surface area contributed by atoms with Crippen molar-refractivity contribution in [3.05, 3.63) is 70.1 Å². The van der Waals surface area contributed by atoms with Gasteiger partial charge in [-0.3, -0.25) is 19.3 Å². The lowest BCUT2D eigenvalue weighted by atomic mass is 10.2. The predicted molar refractivity (Wildman–Crippen MR) is 114 cm³/mol. The van der Waals surface area contributed by atoms with Gasteiger partial charge < -0.3 is 10.1 Å². The van der Waals surface area contributed by atoms with Gasteiger partial charge in [-0.1, -0.05) is 41.9 Å². The highest BCUT2D eigenvalue weighted by atomic mass is 35.5. The van der Waals surface area contributed by atoms with Crippen LogP contribution in [-0.2, 0) is 9.59 Å². The van der Waals surface area contributed by atoms with Gasteiger partial charge in [0.05, 0.1) is 4.91 Å². The topological polar surface area (TPSA) is 75.7 Å². The summed E-state index contributed by atoms with van der Waals surface area (Å²) in [5.41, 5.74) is 0.847. The maximum atomic E-state index is 12.5. The van der Waals surface area contributed by atoms with E-state index in [4.69, 9.17) is 16.3 Å². The Labute approximate surface area is 177 Å². The van der Waals surface area contributed by atoms with Gasteiger partial charge in [-0.2, -0.15) is 0 Å². The minimum Gasteiger partial charge on any atom is -0.481 e. The number of benzene rings is 2. The molecule has 1 saturated heterocycles. The van der Waals surface area contributed by atoms with Gasteiger partial charge in [0.1, 0.15) is 5.75 Å². The molecule has 0 aliphatic carbocycles. The lowest BCUT2D eigenvalue weighted by Gasteiger charge is -2.16. The highest BCUT2D eigenvalue weighted by molar-refractivity contribution is 8.18. The second-order valence-corrected chi connectivity index (χ2v) is 7.68. The van der Waals surface area contributed by atoms with Gasteiger partial charge in [-0.25, -0.2) is 0 Å². The number of carbonyl (C=O) groups is 3. The van der Waals surface area contributed by atoms with E-state index in [-0.39, 0.29) is 30.1 Å². The molecular formula is C21H19ClN2O4S. The smallest absolute Gasteiger partial charge is 0.293 e. The van der Waals surface area contributed by atoms with Gasteiger partial charge in [-0.05, 0) is 54.6 Å². The summed E-state index contributed by atoms with van der Waals surface area (Å²) in [4.78, 5) is 38.3. The molecule has 1 heterocycles. The molecule has 1 N–H and O–H groups in total. The van der Waals surface area contributed by atoms with Crippen LogP contribution >= 0.6 is 23.4 Å². The number of hydrogen-bond donors (Lipinski definition) is 1. The van der Waals surface area contributed by atoms with Crippen LogP contribution in [0.5, 0.6) is 5.75 Å². The Kier molecular flexibility index (Phi) is 6.95. The summed E-state index contributed by atoms with van der Waals surface area (Å²) in [6, 6.07) is 16.0. The summed E-state index contributed by atoms with van der Waals surface area (Å²) in [6.45, 7) is 1.85. The Bertz CT molecular complexity index is 931. The number of carbonyl (C=O) groups excluding carboxylic acids is 3. The lowest BCUT2D eigenvalue weighted by molar-refractivity contribution is -0.128. The van der Waals surface area contributed by atoms with Gasteiger partial charge in [0.15, 0.2) is 6.10 Å². The summed E-state index contributed by atoms with van der Waals surface area (Å²) in [5, 5.41) is 2.91. The standard InChI is InChI=1S/C21H19ClN2O4S/c1-14(28-17-9-7-16(22)8-10-17)19(25)23-11-12-24-20(26)18(29-21(24)27)13-15-5-3-2-4-6-15/h2-10,13-14H,11-12H2,1H3,(H,23,25)/b18-13-. The van der Waals surface area contributed by atoms with Crippen molar-refractivity contribution in [1.82, 2.24) is 10.2 Å². The van der Waals surface area contributed by atoms with Crippen molar-refractivity contribution in [2.75, 3.05) is 13.1 Å². The molecule has 8 heteroatoms. The Hall–Kier alpha value is -2.77. The van der Waals surface area contributed by atoms with E-state index >= 15 is 0 Å². The largest absolute Gasteiger partial charge is 0.481 e. The van der Waals surface area contributed by atoms with E-state index in [1.54, 1.807) is 37.3 Å². The number of ether oxygens (including phenoxy) is 1. The van der Waals surface area contributed by atoms with Crippen LogP contribution in [0.15, 0.2) is 59.5 Å². The number of hydrogen-bond acceptors (Lipinski definition) is 5. The molecule has 2 aromatic rings. The highest BCUT2D eigenvalue weighted by Gasteiger charge is 2.34. The Morgan fingerprint density at radius 1 is 1.17 bits per heavy atom. The van der Waals surface area contributed by atoms with Gasteiger partial charge in [0, 0.05) is 18.1 Å². The second-order valence-electron chi connectivity index (χ2n) is 6.25. The molecule has 1 unspecified atom stereocenters. The third-order valence-electron chi connectivity index (χ3n) is 4.10. The first-order valence-electron chi connectivity index (χ1n) is 8.94. The first-order valence-corrected chi connectivity index (χ1v) is 10.1. The minimum absolute atomic E-state index is 0.0935. The quantitative estimate of drug-likeness (QED) is 0.673. The van der Waals surface area contributed by atoms with E-state index < -0.39 is 6.10 Å². The zero-order valence-corrected chi connectivity index (χ0v) is 17.2. The molecule has 0 radical (unpaired) electrons. The van der Waals surface area contributed by atoms with Crippen LogP contribution in [0.4, 0.5) is 4.79 Å². The first-order chi connectivity index (χ1) is 13.9. The van der Waals surface area contributed by atoms with Crippen molar-refractivity contribution in [2.24, 2.45) is 0 Å². The average Bonchev–Trinajstić information content (AvgIpc) is 2.97. The van der Waals surface area contributed by atoms with Crippen LogP contribution in [0.25, 0.3) is 6.08 Å². The number of nitrogens with zero attached hydrogens (tertiary/aromatic N) is 1. The maximum absolute atomic E-state index is 12.5.